The summed E-state index contributed by atoms with van der Waals surface area (Å²) < 4.78 is 9.95. The Morgan fingerprint density at radius 3 is 1.92 bits per heavy atom. The first kappa shape index (κ1) is 25.6. The van der Waals surface area contributed by atoms with Gasteiger partial charge in [-0.1, -0.05) is 46.3 Å². The first-order valence-corrected chi connectivity index (χ1v) is 8.95. The molecule has 0 radical (unpaired) electrons. The highest BCUT2D eigenvalue weighted by atomic mass is 16.5. The highest BCUT2D eigenvalue weighted by molar-refractivity contribution is 5.87. The molecule has 0 N–H and O–H groups in total. The van der Waals surface area contributed by atoms with Crippen LogP contribution in [0, 0.1) is 5.92 Å². The molecule has 1 unspecified atom stereocenters. The van der Waals surface area contributed by atoms with Crippen molar-refractivity contribution in [3.63, 3.8) is 0 Å². The Morgan fingerprint density at radius 2 is 1.52 bits per heavy atom. The molecule has 0 heterocycles. The molecule has 0 saturated carbocycles. The predicted molar refractivity (Wildman–Crippen MR) is 103 cm³/mol. The Morgan fingerprint density at radius 1 is 1.00 bits per heavy atom. The molecule has 0 aliphatic carbocycles. The lowest BCUT2D eigenvalue weighted by molar-refractivity contribution is -0.140. The maximum absolute atomic E-state index is 11.1. The van der Waals surface area contributed by atoms with E-state index >= 15 is 0 Å². The van der Waals surface area contributed by atoms with Gasteiger partial charge in [0.15, 0.2) is 0 Å². The van der Waals surface area contributed by atoms with Crippen molar-refractivity contribution in [2.24, 2.45) is 5.92 Å². The van der Waals surface area contributed by atoms with Gasteiger partial charge in [0.1, 0.15) is 6.61 Å². The van der Waals surface area contributed by atoms with E-state index in [4.69, 9.17) is 9.47 Å². The number of likely N-dealkylation sites (N-methyl/N-ethyl adjacent to an activating group) is 1. The average molecular weight is 356 g/mol. The van der Waals surface area contributed by atoms with Gasteiger partial charge in [0.25, 0.3) is 0 Å². The van der Waals surface area contributed by atoms with Crippen LogP contribution in [0.15, 0.2) is 24.3 Å². The second kappa shape index (κ2) is 15.9. The monoisotopic (exact) mass is 355 g/mol. The van der Waals surface area contributed by atoms with E-state index < -0.39 is 0 Å². The van der Waals surface area contributed by atoms with Crippen LogP contribution in [0.2, 0.25) is 0 Å². The lowest BCUT2D eigenvalue weighted by Gasteiger charge is -2.14. The molecule has 1 atom stereocenters. The Bertz CT molecular complexity index is 416. The summed E-state index contributed by atoms with van der Waals surface area (Å²) in [5.74, 6) is -0.0648. The van der Waals surface area contributed by atoms with Crippen LogP contribution in [0.25, 0.3) is 0 Å². The molecule has 5 nitrogen and oxygen atoms in total. The first-order chi connectivity index (χ1) is 11.6. The van der Waals surface area contributed by atoms with Gasteiger partial charge in [-0.25, -0.2) is 9.59 Å². The van der Waals surface area contributed by atoms with E-state index in [2.05, 4.69) is 27.0 Å². The maximum Gasteiger partial charge on any atom is 0.333 e. The smallest absolute Gasteiger partial charge is 0.333 e. The average Bonchev–Trinajstić information content (AvgIpc) is 2.54. The van der Waals surface area contributed by atoms with Crippen LogP contribution in [-0.4, -0.2) is 50.7 Å². The van der Waals surface area contributed by atoms with Crippen LogP contribution in [-0.2, 0) is 19.1 Å². The van der Waals surface area contributed by atoms with Crippen molar-refractivity contribution < 1.29 is 19.1 Å². The number of carbonyl (C=O) groups excluding carboxylic acids is 2. The third-order valence-electron chi connectivity index (χ3n) is 3.46. The molecular formula is C20H37NO4. The van der Waals surface area contributed by atoms with Crippen LogP contribution < -0.4 is 0 Å². The molecule has 25 heavy (non-hydrogen) atoms. The molecule has 0 bridgehead atoms. The lowest BCUT2D eigenvalue weighted by Crippen LogP contribution is -2.20. The van der Waals surface area contributed by atoms with Gasteiger partial charge in [-0.3, -0.25) is 0 Å². The summed E-state index contributed by atoms with van der Waals surface area (Å²) in [4.78, 5) is 23.8. The number of hydrogen-bond acceptors (Lipinski definition) is 5. The number of unbranched alkanes of at least 4 members (excludes halogenated alkanes) is 1. The largest absolute Gasteiger partial charge is 0.462 e. The van der Waals surface area contributed by atoms with Crippen molar-refractivity contribution in [3.05, 3.63) is 24.3 Å². The fourth-order valence-electron chi connectivity index (χ4n) is 1.66. The summed E-state index contributed by atoms with van der Waals surface area (Å²) in [5.41, 5.74) is 0.930. The summed E-state index contributed by atoms with van der Waals surface area (Å²) in [5, 5.41) is 0. The molecule has 0 aromatic carbocycles. The van der Waals surface area contributed by atoms with Gasteiger partial charge in [0.05, 0.1) is 6.61 Å². The highest BCUT2D eigenvalue weighted by Gasteiger charge is 2.09. The van der Waals surface area contributed by atoms with Gasteiger partial charge >= 0.3 is 11.9 Å². The molecule has 0 amide bonds. The molecule has 146 valence electrons. The van der Waals surface area contributed by atoms with E-state index in [9.17, 15) is 9.59 Å². The zero-order chi connectivity index (χ0) is 19.8. The Labute approximate surface area is 154 Å². The minimum Gasteiger partial charge on any atom is -0.462 e. The fraction of sp³-hybridized carbons (Fsp3) is 0.700. The molecule has 0 aromatic heterocycles. The van der Waals surface area contributed by atoms with Gasteiger partial charge in [-0.05, 0) is 40.3 Å². The van der Waals surface area contributed by atoms with E-state index in [1.807, 2.05) is 19.0 Å². The Balaban J connectivity index is 0. The first-order valence-electron chi connectivity index (χ1n) is 8.95. The van der Waals surface area contributed by atoms with Gasteiger partial charge in [0, 0.05) is 17.7 Å². The molecule has 0 aliphatic rings. The van der Waals surface area contributed by atoms with Crippen molar-refractivity contribution in [1.82, 2.24) is 4.90 Å². The van der Waals surface area contributed by atoms with Crippen LogP contribution in [0.1, 0.15) is 53.4 Å². The van der Waals surface area contributed by atoms with Crippen molar-refractivity contribution in [1.29, 1.82) is 0 Å². The van der Waals surface area contributed by atoms with Gasteiger partial charge in [-0.15, -0.1) is 0 Å². The topological polar surface area (TPSA) is 55.8 Å². The van der Waals surface area contributed by atoms with Crippen molar-refractivity contribution in [3.8, 4) is 0 Å². The van der Waals surface area contributed by atoms with Crippen LogP contribution in [0.3, 0.4) is 0 Å². The van der Waals surface area contributed by atoms with Gasteiger partial charge < -0.3 is 14.4 Å². The SMILES string of the molecule is C=C(C)C(=O)OCC(CC)CCCC.C=C(C)C(=O)OCCN(C)C. The third kappa shape index (κ3) is 17.0. The molecule has 0 fully saturated rings. The minimum absolute atomic E-state index is 0.264. The van der Waals surface area contributed by atoms with Crippen LogP contribution >= 0.6 is 0 Å². The summed E-state index contributed by atoms with van der Waals surface area (Å²) >= 11 is 0. The number of hydrogen-bond donors (Lipinski definition) is 0. The predicted octanol–water partition coefficient (Wildman–Crippen LogP) is 3.99. The van der Waals surface area contributed by atoms with Crippen LogP contribution in [0.5, 0.6) is 0 Å². The highest BCUT2D eigenvalue weighted by Crippen LogP contribution is 2.13. The number of carbonyl (C=O) groups is 2. The number of nitrogens with zero attached hydrogens (tertiary/aromatic N) is 1. The minimum atomic E-state index is -0.313. The quantitative estimate of drug-likeness (QED) is 0.414. The second-order valence-electron chi connectivity index (χ2n) is 6.51. The van der Waals surface area contributed by atoms with E-state index in [0.29, 0.717) is 30.3 Å². The molecule has 0 rings (SSSR count). The summed E-state index contributed by atoms with van der Waals surface area (Å²) in [6.45, 7) is 16.4. The number of ether oxygens (including phenoxy) is 2. The molecule has 0 aromatic rings. The number of esters is 2. The van der Waals surface area contributed by atoms with Gasteiger partial charge in [0.2, 0.25) is 0 Å². The molecule has 0 saturated heterocycles. The summed E-state index contributed by atoms with van der Waals surface area (Å²) in [6, 6.07) is 0. The Kier molecular flexibility index (Phi) is 16.3. The van der Waals surface area contributed by atoms with Crippen LogP contribution in [0.4, 0.5) is 0 Å². The fourth-order valence-corrected chi connectivity index (χ4v) is 1.66. The summed E-state index contributed by atoms with van der Waals surface area (Å²) in [7, 11) is 3.85. The Hall–Kier alpha value is -1.62. The zero-order valence-electron chi connectivity index (χ0n) is 17.0. The van der Waals surface area contributed by atoms with Crippen molar-refractivity contribution in [2.45, 2.75) is 53.4 Å². The van der Waals surface area contributed by atoms with Crippen molar-refractivity contribution >= 4 is 11.9 Å². The maximum atomic E-state index is 11.1. The van der Waals surface area contributed by atoms with E-state index in [-0.39, 0.29) is 11.9 Å². The summed E-state index contributed by atoms with van der Waals surface area (Å²) in [6.07, 6.45) is 4.63. The van der Waals surface area contributed by atoms with E-state index in [1.54, 1.807) is 13.8 Å². The van der Waals surface area contributed by atoms with Crippen molar-refractivity contribution in [2.75, 3.05) is 33.9 Å². The zero-order valence-corrected chi connectivity index (χ0v) is 17.0. The third-order valence-corrected chi connectivity index (χ3v) is 3.46. The standard InChI is InChI=1S/C12H22O2.C8H15NO2/c1-5-7-8-11(6-2)9-14-12(13)10(3)4;1-7(2)8(10)11-6-5-9(3)4/h11H,3,5-9H2,1-2,4H3;1,5-6H2,2-4H3. The molecule has 5 heteroatoms. The van der Waals surface area contributed by atoms with Gasteiger partial charge in [-0.2, -0.15) is 0 Å². The second-order valence-corrected chi connectivity index (χ2v) is 6.51. The molecular weight excluding hydrogens is 318 g/mol. The lowest BCUT2D eigenvalue weighted by atomic mass is 10.0. The number of rotatable bonds is 11. The molecule has 0 spiro atoms. The molecule has 0 aliphatic heterocycles. The normalized spacial score (nSPS) is 11.2. The van der Waals surface area contributed by atoms with E-state index in [1.165, 1.54) is 12.8 Å². The van der Waals surface area contributed by atoms with E-state index in [0.717, 1.165) is 19.4 Å².